The number of rotatable bonds is 6. The third kappa shape index (κ3) is 3.04. The van der Waals surface area contributed by atoms with Crippen molar-refractivity contribution in [1.29, 1.82) is 0 Å². The van der Waals surface area contributed by atoms with Gasteiger partial charge in [-0.05, 0) is 32.4 Å². The summed E-state index contributed by atoms with van der Waals surface area (Å²) in [4.78, 5) is 13.4. The van der Waals surface area contributed by atoms with Gasteiger partial charge in [0, 0.05) is 11.6 Å². The summed E-state index contributed by atoms with van der Waals surface area (Å²) in [5.74, 6) is 0.847. The van der Waals surface area contributed by atoms with Gasteiger partial charge >= 0.3 is 0 Å². The van der Waals surface area contributed by atoms with Crippen molar-refractivity contribution in [2.75, 3.05) is 6.61 Å². The van der Waals surface area contributed by atoms with Crippen molar-refractivity contribution in [2.24, 2.45) is 0 Å². The Kier molecular flexibility index (Phi) is 4.55. The fourth-order valence-corrected chi connectivity index (χ4v) is 2.54. The summed E-state index contributed by atoms with van der Waals surface area (Å²) in [5, 5.41) is 0. The summed E-state index contributed by atoms with van der Waals surface area (Å²) >= 11 is 0. The molecule has 1 aromatic carbocycles. The van der Waals surface area contributed by atoms with Crippen molar-refractivity contribution in [3.63, 3.8) is 0 Å². The maximum atomic E-state index is 5.94. The van der Waals surface area contributed by atoms with E-state index in [1.807, 2.05) is 30.6 Å². The van der Waals surface area contributed by atoms with Crippen LogP contribution in [-0.2, 0) is 0 Å². The molecular formula is C18H22N4O. The summed E-state index contributed by atoms with van der Waals surface area (Å²) in [6.45, 7) is 7.10. The van der Waals surface area contributed by atoms with Crippen LogP contribution in [0.15, 0.2) is 36.9 Å². The van der Waals surface area contributed by atoms with E-state index in [1.165, 1.54) is 0 Å². The highest BCUT2D eigenvalue weighted by Gasteiger charge is 2.16. The number of unbranched alkanes of at least 4 members (excludes halogenated alkanes) is 1. The highest BCUT2D eigenvalue weighted by molar-refractivity contribution is 5.89. The topological polar surface area (TPSA) is 52.8 Å². The Labute approximate surface area is 136 Å². The minimum Gasteiger partial charge on any atom is -0.493 e. The van der Waals surface area contributed by atoms with Crippen LogP contribution in [0.2, 0.25) is 0 Å². The van der Waals surface area contributed by atoms with Crippen LogP contribution in [0.5, 0.6) is 5.75 Å². The molecule has 0 atom stereocenters. The Hall–Kier alpha value is -2.43. The van der Waals surface area contributed by atoms with Crippen molar-refractivity contribution in [2.45, 2.75) is 39.7 Å². The normalized spacial score (nSPS) is 11.3. The van der Waals surface area contributed by atoms with Gasteiger partial charge in [-0.2, -0.15) is 0 Å². The number of ether oxygens (including phenoxy) is 1. The minimum absolute atomic E-state index is 0.304. The molecule has 23 heavy (non-hydrogen) atoms. The smallest absolute Gasteiger partial charge is 0.164 e. The fraction of sp³-hybridized carbons (Fsp3) is 0.389. The summed E-state index contributed by atoms with van der Waals surface area (Å²) in [5.41, 5.74) is 3.45. The van der Waals surface area contributed by atoms with Crippen LogP contribution in [0, 0.1) is 0 Å². The van der Waals surface area contributed by atoms with Crippen LogP contribution in [0.25, 0.3) is 22.4 Å². The maximum absolute atomic E-state index is 5.94. The third-order valence-corrected chi connectivity index (χ3v) is 3.81. The highest BCUT2D eigenvalue weighted by atomic mass is 16.5. The van der Waals surface area contributed by atoms with Crippen molar-refractivity contribution >= 4 is 11.2 Å². The van der Waals surface area contributed by atoms with E-state index in [9.17, 15) is 0 Å². The van der Waals surface area contributed by atoms with Gasteiger partial charge in [0.2, 0.25) is 0 Å². The van der Waals surface area contributed by atoms with Crippen molar-refractivity contribution in [3.8, 4) is 17.0 Å². The van der Waals surface area contributed by atoms with E-state index in [4.69, 9.17) is 4.74 Å². The number of para-hydroxylation sites is 1. The zero-order valence-corrected chi connectivity index (χ0v) is 13.9. The summed E-state index contributed by atoms with van der Waals surface area (Å²) < 4.78 is 8.00. The first kappa shape index (κ1) is 15.5. The van der Waals surface area contributed by atoms with Crippen LogP contribution in [-0.4, -0.2) is 26.1 Å². The van der Waals surface area contributed by atoms with Crippen molar-refractivity contribution in [1.82, 2.24) is 19.5 Å². The molecule has 0 amide bonds. The van der Waals surface area contributed by atoms with Crippen LogP contribution >= 0.6 is 0 Å². The Morgan fingerprint density at radius 2 is 1.96 bits per heavy atom. The number of nitrogens with zero attached hydrogens (tertiary/aromatic N) is 4. The van der Waals surface area contributed by atoms with E-state index < -0.39 is 0 Å². The molecule has 0 radical (unpaired) electrons. The maximum Gasteiger partial charge on any atom is 0.164 e. The molecule has 0 aliphatic carbocycles. The average Bonchev–Trinajstić information content (AvgIpc) is 3.00. The quantitative estimate of drug-likeness (QED) is 0.639. The first-order chi connectivity index (χ1) is 11.2. The van der Waals surface area contributed by atoms with Gasteiger partial charge in [-0.25, -0.2) is 15.0 Å². The van der Waals surface area contributed by atoms with Gasteiger partial charge in [-0.15, -0.1) is 0 Å². The van der Waals surface area contributed by atoms with E-state index in [-0.39, 0.29) is 0 Å². The van der Waals surface area contributed by atoms with E-state index in [2.05, 4.69) is 40.3 Å². The van der Waals surface area contributed by atoms with E-state index in [0.717, 1.165) is 41.0 Å². The molecule has 0 fully saturated rings. The number of aromatic nitrogens is 4. The summed E-state index contributed by atoms with van der Waals surface area (Å²) in [6.07, 6.45) is 5.57. The van der Waals surface area contributed by atoms with Gasteiger partial charge < -0.3 is 9.30 Å². The first-order valence-corrected chi connectivity index (χ1v) is 8.12. The predicted molar refractivity (Wildman–Crippen MR) is 91.5 cm³/mol. The standard InChI is InChI=1S/C18H22N4O/c1-4-5-10-23-15-9-7-6-8-14(15)16-17-18(20-11-19-16)22(12-21-17)13(2)3/h6-9,11-13H,4-5,10H2,1-3H3. The molecule has 0 spiro atoms. The molecule has 5 nitrogen and oxygen atoms in total. The monoisotopic (exact) mass is 310 g/mol. The fourth-order valence-electron chi connectivity index (χ4n) is 2.54. The van der Waals surface area contributed by atoms with Gasteiger partial charge in [0.05, 0.1) is 12.9 Å². The van der Waals surface area contributed by atoms with Gasteiger partial charge in [0.15, 0.2) is 5.65 Å². The lowest BCUT2D eigenvalue weighted by molar-refractivity contribution is 0.310. The molecule has 0 unspecified atom stereocenters. The molecule has 2 heterocycles. The molecular weight excluding hydrogens is 288 g/mol. The number of fused-ring (bicyclic) bond motifs is 1. The molecule has 5 heteroatoms. The molecule has 3 aromatic rings. The minimum atomic E-state index is 0.304. The van der Waals surface area contributed by atoms with Crippen LogP contribution in [0.4, 0.5) is 0 Å². The van der Waals surface area contributed by atoms with Crippen molar-refractivity contribution in [3.05, 3.63) is 36.9 Å². The molecule has 0 aliphatic heterocycles. The summed E-state index contributed by atoms with van der Waals surface area (Å²) in [7, 11) is 0. The van der Waals surface area contributed by atoms with E-state index in [1.54, 1.807) is 6.33 Å². The molecule has 3 rings (SSSR count). The first-order valence-electron chi connectivity index (χ1n) is 8.12. The van der Waals surface area contributed by atoms with E-state index >= 15 is 0 Å². The van der Waals surface area contributed by atoms with Gasteiger partial charge in [0.1, 0.15) is 23.3 Å². The number of imidazole rings is 1. The van der Waals surface area contributed by atoms with Crippen LogP contribution in [0.3, 0.4) is 0 Å². The SMILES string of the molecule is CCCCOc1ccccc1-c1ncnc2c1ncn2C(C)C. The molecule has 120 valence electrons. The Bertz CT molecular complexity index is 795. The Balaban J connectivity index is 2.07. The molecule has 0 aliphatic rings. The number of hydrogen-bond acceptors (Lipinski definition) is 4. The lowest BCUT2D eigenvalue weighted by Gasteiger charge is -2.11. The Morgan fingerprint density at radius 1 is 1.13 bits per heavy atom. The zero-order chi connectivity index (χ0) is 16.2. The zero-order valence-electron chi connectivity index (χ0n) is 13.9. The molecule has 0 bridgehead atoms. The van der Waals surface area contributed by atoms with Crippen LogP contribution in [0.1, 0.15) is 39.7 Å². The summed E-state index contributed by atoms with van der Waals surface area (Å²) in [6, 6.07) is 8.29. The molecule has 0 saturated heterocycles. The second-order valence-electron chi connectivity index (χ2n) is 5.84. The van der Waals surface area contributed by atoms with Gasteiger partial charge in [-0.1, -0.05) is 25.5 Å². The van der Waals surface area contributed by atoms with Crippen molar-refractivity contribution < 1.29 is 4.74 Å². The average molecular weight is 310 g/mol. The number of benzene rings is 1. The second-order valence-corrected chi connectivity index (χ2v) is 5.84. The second kappa shape index (κ2) is 6.77. The molecule has 0 N–H and O–H groups in total. The lowest BCUT2D eigenvalue weighted by Crippen LogP contribution is -2.01. The van der Waals surface area contributed by atoms with Gasteiger partial charge in [0.25, 0.3) is 0 Å². The molecule has 0 saturated carbocycles. The third-order valence-electron chi connectivity index (χ3n) is 3.81. The Morgan fingerprint density at radius 3 is 2.74 bits per heavy atom. The van der Waals surface area contributed by atoms with Gasteiger partial charge in [-0.3, -0.25) is 0 Å². The molecule has 2 aromatic heterocycles. The highest BCUT2D eigenvalue weighted by Crippen LogP contribution is 2.32. The lowest BCUT2D eigenvalue weighted by atomic mass is 10.1. The van der Waals surface area contributed by atoms with E-state index in [0.29, 0.717) is 12.6 Å². The number of hydrogen-bond donors (Lipinski definition) is 0. The predicted octanol–water partition coefficient (Wildman–Crippen LogP) is 4.25. The largest absolute Gasteiger partial charge is 0.493 e. The van der Waals surface area contributed by atoms with Crippen LogP contribution < -0.4 is 4.74 Å².